The Kier molecular flexibility index (Phi) is 1.15. The zero-order valence-electron chi connectivity index (χ0n) is 3.59. The summed E-state index contributed by atoms with van der Waals surface area (Å²) in [4.78, 5) is 4.02. The molecule has 0 aromatic carbocycles. The Morgan fingerprint density at radius 3 is 2.83 bits per heavy atom. The number of nitrogens with zero attached hydrogens (tertiary/aromatic N) is 1. The first-order valence-corrected chi connectivity index (χ1v) is 2.84. The highest BCUT2D eigenvalue weighted by Gasteiger charge is 2.01. The van der Waals surface area contributed by atoms with Crippen LogP contribution in [-0.2, 0) is 0 Å². The molecule has 0 aromatic rings. The van der Waals surface area contributed by atoms with Crippen LogP contribution in [0.3, 0.4) is 0 Å². The summed E-state index contributed by atoms with van der Waals surface area (Å²) in [6, 6.07) is 0.454. The predicted molar refractivity (Wildman–Crippen MR) is 29.8 cm³/mol. The van der Waals surface area contributed by atoms with Crippen molar-refractivity contribution in [1.82, 2.24) is 0 Å². The molecular formula is C4H6NS. The van der Waals surface area contributed by atoms with E-state index in [0.29, 0.717) is 6.04 Å². The van der Waals surface area contributed by atoms with Crippen LogP contribution in [0.25, 0.3) is 0 Å². The third kappa shape index (κ3) is 0.744. The lowest BCUT2D eigenvalue weighted by Crippen LogP contribution is -1.85. The van der Waals surface area contributed by atoms with E-state index in [1.165, 1.54) is 0 Å². The first-order chi connectivity index (χ1) is 2.89. The highest BCUT2D eigenvalue weighted by atomic mass is 32.2. The van der Waals surface area contributed by atoms with E-state index in [1.54, 1.807) is 11.8 Å². The minimum absolute atomic E-state index is 0.454. The molecule has 2 heteroatoms. The van der Waals surface area contributed by atoms with Gasteiger partial charge in [0.15, 0.2) is 0 Å². The molecule has 0 spiro atoms. The van der Waals surface area contributed by atoms with Crippen LogP contribution in [0, 0.1) is 5.75 Å². The molecule has 0 N–H and O–H groups in total. The molecule has 1 atom stereocenters. The van der Waals surface area contributed by atoms with Gasteiger partial charge in [0.25, 0.3) is 0 Å². The average Bonchev–Trinajstić information content (AvgIpc) is 1.86. The van der Waals surface area contributed by atoms with Gasteiger partial charge in [0.2, 0.25) is 0 Å². The van der Waals surface area contributed by atoms with Gasteiger partial charge in [0.05, 0.1) is 11.6 Å². The van der Waals surface area contributed by atoms with Crippen molar-refractivity contribution in [3.8, 4) is 0 Å². The molecular weight excluding hydrogens is 94.1 g/mol. The fraction of sp³-hybridized carbons (Fsp3) is 0.500. The van der Waals surface area contributed by atoms with Gasteiger partial charge in [-0.2, -0.15) is 0 Å². The topological polar surface area (TPSA) is 12.4 Å². The van der Waals surface area contributed by atoms with Crippen molar-refractivity contribution in [3.05, 3.63) is 5.75 Å². The molecule has 6 heavy (non-hydrogen) atoms. The molecule has 1 unspecified atom stereocenters. The maximum atomic E-state index is 4.02. The molecule has 0 aromatic heterocycles. The van der Waals surface area contributed by atoms with Crippen molar-refractivity contribution in [1.29, 1.82) is 0 Å². The Morgan fingerprint density at radius 2 is 2.67 bits per heavy atom. The second-order valence-electron chi connectivity index (χ2n) is 1.27. The molecule has 0 saturated heterocycles. The molecule has 0 bridgehead atoms. The van der Waals surface area contributed by atoms with Gasteiger partial charge >= 0.3 is 0 Å². The molecule has 33 valence electrons. The van der Waals surface area contributed by atoms with E-state index in [2.05, 4.69) is 17.7 Å². The third-order valence-electron chi connectivity index (χ3n) is 0.632. The van der Waals surface area contributed by atoms with Crippen LogP contribution in [-0.4, -0.2) is 11.6 Å². The van der Waals surface area contributed by atoms with E-state index >= 15 is 0 Å². The van der Waals surface area contributed by atoms with Crippen LogP contribution >= 0.6 is 11.8 Å². The van der Waals surface area contributed by atoms with Crippen LogP contribution in [0.1, 0.15) is 6.92 Å². The minimum atomic E-state index is 0.454. The van der Waals surface area contributed by atoms with Gasteiger partial charge in [-0.15, -0.1) is 11.8 Å². The van der Waals surface area contributed by atoms with Crippen molar-refractivity contribution < 1.29 is 0 Å². The van der Waals surface area contributed by atoms with Crippen molar-refractivity contribution >= 4 is 17.3 Å². The molecule has 1 heterocycles. The second kappa shape index (κ2) is 1.65. The van der Waals surface area contributed by atoms with E-state index in [-0.39, 0.29) is 0 Å². The van der Waals surface area contributed by atoms with Crippen molar-refractivity contribution in [2.24, 2.45) is 4.99 Å². The first kappa shape index (κ1) is 4.19. The number of rotatable bonds is 0. The Bertz CT molecular complexity index is 69.9. The predicted octanol–water partition coefficient (Wildman–Crippen LogP) is 1.31. The molecule has 0 saturated carbocycles. The lowest BCUT2D eigenvalue weighted by atomic mass is 10.4. The monoisotopic (exact) mass is 100 g/mol. The quantitative estimate of drug-likeness (QED) is 0.447. The normalized spacial score (nSPS) is 31.8. The number of hydrogen-bond donors (Lipinski definition) is 0. The highest BCUT2D eigenvalue weighted by molar-refractivity contribution is 8.14. The molecule has 1 aliphatic heterocycles. The smallest absolute Gasteiger partial charge is 0.0611 e. The van der Waals surface area contributed by atoms with Crippen molar-refractivity contribution in [3.63, 3.8) is 0 Å². The van der Waals surface area contributed by atoms with Gasteiger partial charge in [-0.1, -0.05) is 0 Å². The van der Waals surface area contributed by atoms with Crippen LogP contribution in [0.15, 0.2) is 4.99 Å². The summed E-state index contributed by atoms with van der Waals surface area (Å²) in [5, 5.41) is 0. The van der Waals surface area contributed by atoms with Gasteiger partial charge in [0, 0.05) is 5.75 Å². The fourth-order valence-corrected chi connectivity index (χ4v) is 0.945. The third-order valence-corrected chi connectivity index (χ3v) is 1.43. The average molecular weight is 100 g/mol. The van der Waals surface area contributed by atoms with Crippen LogP contribution in [0.4, 0.5) is 0 Å². The standard InChI is InChI=1S/C4H6NS/c1-4-2-6-3-5-4/h2-4H,1H3. The van der Waals surface area contributed by atoms with Gasteiger partial charge in [-0.05, 0) is 6.92 Å². The Labute approximate surface area is 41.8 Å². The second-order valence-corrected chi connectivity index (χ2v) is 2.02. The zero-order chi connectivity index (χ0) is 4.41. The number of aliphatic imine (C=N–C) groups is 1. The maximum absolute atomic E-state index is 4.02. The summed E-state index contributed by atoms with van der Waals surface area (Å²) >= 11 is 1.67. The summed E-state index contributed by atoms with van der Waals surface area (Å²) in [6.07, 6.45) is 0. The Balaban J connectivity index is 2.38. The lowest BCUT2D eigenvalue weighted by molar-refractivity contribution is 0.926. The largest absolute Gasteiger partial charge is 0.282 e. The van der Waals surface area contributed by atoms with Gasteiger partial charge in [-0.25, -0.2) is 0 Å². The minimum Gasteiger partial charge on any atom is -0.282 e. The van der Waals surface area contributed by atoms with E-state index < -0.39 is 0 Å². The number of thioether (sulfide) groups is 1. The van der Waals surface area contributed by atoms with E-state index in [0.717, 1.165) is 0 Å². The molecule has 1 nitrogen and oxygen atoms in total. The summed E-state index contributed by atoms with van der Waals surface area (Å²) in [7, 11) is 0. The van der Waals surface area contributed by atoms with E-state index in [4.69, 9.17) is 0 Å². The molecule has 1 aliphatic rings. The number of hydrogen-bond acceptors (Lipinski definition) is 2. The zero-order valence-corrected chi connectivity index (χ0v) is 4.40. The molecule has 0 fully saturated rings. The summed E-state index contributed by atoms with van der Waals surface area (Å²) in [5.74, 6) is 2.10. The van der Waals surface area contributed by atoms with Crippen molar-refractivity contribution in [2.75, 3.05) is 0 Å². The Morgan fingerprint density at radius 1 is 1.83 bits per heavy atom. The molecule has 1 rings (SSSR count). The lowest BCUT2D eigenvalue weighted by Gasteiger charge is -1.86. The molecule has 0 aliphatic carbocycles. The first-order valence-electron chi connectivity index (χ1n) is 1.90. The summed E-state index contributed by atoms with van der Waals surface area (Å²) < 4.78 is 0. The van der Waals surface area contributed by atoms with E-state index in [9.17, 15) is 0 Å². The Hall–Kier alpha value is 0.0200. The maximum Gasteiger partial charge on any atom is 0.0611 e. The molecule has 1 radical (unpaired) electrons. The van der Waals surface area contributed by atoms with Crippen LogP contribution in [0.5, 0.6) is 0 Å². The SMILES string of the molecule is CC1[CH]SC=N1. The van der Waals surface area contributed by atoms with Crippen LogP contribution in [0.2, 0.25) is 0 Å². The van der Waals surface area contributed by atoms with Gasteiger partial charge in [-0.3, -0.25) is 4.99 Å². The molecule has 0 amide bonds. The van der Waals surface area contributed by atoms with Gasteiger partial charge < -0.3 is 0 Å². The van der Waals surface area contributed by atoms with Crippen LogP contribution < -0.4 is 0 Å². The van der Waals surface area contributed by atoms with Crippen molar-refractivity contribution in [2.45, 2.75) is 13.0 Å². The fourth-order valence-electron chi connectivity index (χ4n) is 0.315. The van der Waals surface area contributed by atoms with E-state index in [1.807, 2.05) is 5.55 Å². The summed E-state index contributed by atoms with van der Waals surface area (Å²) in [5.41, 5.74) is 1.87. The highest BCUT2D eigenvalue weighted by Crippen LogP contribution is 2.14. The summed E-state index contributed by atoms with van der Waals surface area (Å²) in [6.45, 7) is 2.07. The van der Waals surface area contributed by atoms with Gasteiger partial charge in [0.1, 0.15) is 0 Å².